The van der Waals surface area contributed by atoms with Crippen LogP contribution in [0.2, 0.25) is 0 Å². The minimum Gasteiger partial charge on any atom is -0.488 e. The van der Waals surface area contributed by atoms with Crippen molar-refractivity contribution in [3.8, 4) is 5.75 Å². The summed E-state index contributed by atoms with van der Waals surface area (Å²) in [6.07, 6.45) is 3.54. The third kappa shape index (κ3) is 8.03. The number of halogens is 1. The van der Waals surface area contributed by atoms with E-state index in [9.17, 15) is 9.59 Å². The maximum atomic E-state index is 12.0. The summed E-state index contributed by atoms with van der Waals surface area (Å²) in [6, 6.07) is 14.0. The number of rotatable bonds is 9. The Morgan fingerprint density at radius 3 is 2.47 bits per heavy atom. The SMILES string of the molecule is CC(C)(C)c1ccc(COc2ccc(Br)cc2/C=C/C(=O)NCCCC(=O)O)cc1. The Bertz CT molecular complexity index is 898. The smallest absolute Gasteiger partial charge is 0.303 e. The standard InChI is InChI=1S/C24H28BrNO4/c1-24(2,3)19-9-6-17(7-10-19)16-30-21-12-11-20(25)15-18(21)8-13-22(27)26-14-4-5-23(28)29/h6-13,15H,4-5,14,16H2,1-3H3,(H,26,27)(H,28,29)/b13-8+. The van der Waals surface area contributed by atoms with Crippen molar-refractivity contribution in [3.63, 3.8) is 0 Å². The van der Waals surface area contributed by atoms with Gasteiger partial charge < -0.3 is 15.2 Å². The van der Waals surface area contributed by atoms with Gasteiger partial charge in [-0.3, -0.25) is 9.59 Å². The summed E-state index contributed by atoms with van der Waals surface area (Å²) >= 11 is 3.45. The van der Waals surface area contributed by atoms with Crippen LogP contribution in [-0.4, -0.2) is 23.5 Å². The summed E-state index contributed by atoms with van der Waals surface area (Å²) in [5.41, 5.74) is 3.22. The predicted octanol–water partition coefficient (Wildman–Crippen LogP) is 5.32. The highest BCUT2D eigenvalue weighted by Crippen LogP contribution is 2.26. The van der Waals surface area contributed by atoms with E-state index in [0.717, 1.165) is 15.6 Å². The lowest BCUT2D eigenvalue weighted by molar-refractivity contribution is -0.137. The number of hydrogen-bond donors (Lipinski definition) is 2. The number of ether oxygens (including phenoxy) is 1. The molecule has 2 aromatic carbocycles. The van der Waals surface area contributed by atoms with Crippen LogP contribution < -0.4 is 10.1 Å². The zero-order valence-electron chi connectivity index (χ0n) is 17.6. The summed E-state index contributed by atoms with van der Waals surface area (Å²) in [5.74, 6) is -0.471. The molecule has 2 N–H and O–H groups in total. The first-order valence-corrected chi connectivity index (χ1v) is 10.6. The Morgan fingerprint density at radius 2 is 1.83 bits per heavy atom. The molecule has 0 radical (unpaired) electrons. The minimum atomic E-state index is -0.872. The molecule has 2 rings (SSSR count). The highest BCUT2D eigenvalue weighted by Gasteiger charge is 2.13. The number of carbonyl (C=O) groups excluding carboxylic acids is 1. The molecule has 0 fully saturated rings. The second-order valence-corrected chi connectivity index (χ2v) is 8.96. The summed E-state index contributed by atoms with van der Waals surface area (Å²) in [6.45, 7) is 7.29. The normalized spacial score (nSPS) is 11.5. The third-order valence-corrected chi connectivity index (χ3v) is 4.96. The van der Waals surface area contributed by atoms with Gasteiger partial charge in [-0.05, 0) is 47.2 Å². The topological polar surface area (TPSA) is 75.6 Å². The zero-order chi connectivity index (χ0) is 22.1. The fourth-order valence-electron chi connectivity index (χ4n) is 2.72. The minimum absolute atomic E-state index is 0.0321. The number of carboxylic acids is 1. The van der Waals surface area contributed by atoms with Gasteiger partial charge in [0.25, 0.3) is 0 Å². The van der Waals surface area contributed by atoms with Crippen molar-refractivity contribution in [1.29, 1.82) is 0 Å². The molecule has 0 bridgehead atoms. The number of benzene rings is 2. The van der Waals surface area contributed by atoms with Crippen LogP contribution >= 0.6 is 15.9 Å². The van der Waals surface area contributed by atoms with Crippen molar-refractivity contribution in [2.75, 3.05) is 6.54 Å². The van der Waals surface area contributed by atoms with Gasteiger partial charge in [0.15, 0.2) is 0 Å². The average molecular weight is 474 g/mol. The fraction of sp³-hybridized carbons (Fsp3) is 0.333. The van der Waals surface area contributed by atoms with Gasteiger partial charge in [-0.25, -0.2) is 0 Å². The van der Waals surface area contributed by atoms with Gasteiger partial charge in [-0.1, -0.05) is 61.0 Å². The van der Waals surface area contributed by atoms with Crippen LogP contribution in [0.15, 0.2) is 53.0 Å². The molecule has 1 amide bonds. The van der Waals surface area contributed by atoms with E-state index in [1.807, 2.05) is 18.2 Å². The van der Waals surface area contributed by atoms with Crippen molar-refractivity contribution in [2.45, 2.75) is 45.6 Å². The van der Waals surface area contributed by atoms with Crippen molar-refractivity contribution >= 4 is 33.9 Å². The lowest BCUT2D eigenvalue weighted by Crippen LogP contribution is -2.22. The van der Waals surface area contributed by atoms with Gasteiger partial charge in [0.2, 0.25) is 5.91 Å². The summed E-state index contributed by atoms with van der Waals surface area (Å²) in [5, 5.41) is 11.3. The Morgan fingerprint density at radius 1 is 1.13 bits per heavy atom. The van der Waals surface area contributed by atoms with Crippen LogP contribution in [0.3, 0.4) is 0 Å². The van der Waals surface area contributed by atoms with E-state index in [1.165, 1.54) is 11.6 Å². The second-order valence-electron chi connectivity index (χ2n) is 8.04. The molecule has 2 aromatic rings. The third-order valence-electron chi connectivity index (χ3n) is 4.47. The molecule has 0 atom stereocenters. The number of nitrogens with one attached hydrogen (secondary N) is 1. The van der Waals surface area contributed by atoms with E-state index >= 15 is 0 Å². The van der Waals surface area contributed by atoms with Crippen LogP contribution in [0, 0.1) is 0 Å². The second kappa shape index (κ2) is 11.0. The van der Waals surface area contributed by atoms with E-state index in [2.05, 4.69) is 66.3 Å². The lowest BCUT2D eigenvalue weighted by atomic mass is 9.87. The highest BCUT2D eigenvalue weighted by atomic mass is 79.9. The lowest BCUT2D eigenvalue weighted by Gasteiger charge is -2.19. The molecule has 6 heteroatoms. The molecule has 0 saturated carbocycles. The summed E-state index contributed by atoms with van der Waals surface area (Å²) in [4.78, 5) is 22.5. The molecular weight excluding hydrogens is 446 g/mol. The molecule has 0 aliphatic carbocycles. The first-order valence-electron chi connectivity index (χ1n) is 9.84. The van der Waals surface area contributed by atoms with Crippen LogP contribution in [-0.2, 0) is 21.6 Å². The van der Waals surface area contributed by atoms with Crippen LogP contribution in [0.1, 0.15) is 50.3 Å². The molecule has 0 saturated heterocycles. The van der Waals surface area contributed by atoms with Gasteiger partial charge in [-0.2, -0.15) is 0 Å². The van der Waals surface area contributed by atoms with Crippen LogP contribution in [0.5, 0.6) is 5.75 Å². The predicted molar refractivity (Wildman–Crippen MR) is 123 cm³/mol. The Kier molecular flexibility index (Phi) is 8.66. The molecule has 0 unspecified atom stereocenters. The molecule has 30 heavy (non-hydrogen) atoms. The average Bonchev–Trinajstić information content (AvgIpc) is 2.68. The molecule has 0 aliphatic rings. The summed E-state index contributed by atoms with van der Waals surface area (Å²) < 4.78 is 6.87. The number of carbonyl (C=O) groups is 2. The van der Waals surface area contributed by atoms with Crippen molar-refractivity contribution < 1.29 is 19.4 Å². The fourth-order valence-corrected chi connectivity index (χ4v) is 3.10. The first kappa shape index (κ1) is 23.7. The number of aliphatic carboxylic acids is 1. The zero-order valence-corrected chi connectivity index (χ0v) is 19.2. The quantitative estimate of drug-likeness (QED) is 0.381. The van der Waals surface area contributed by atoms with E-state index in [-0.39, 0.29) is 17.7 Å². The number of carboxylic acid groups (broad SMARTS) is 1. The Hall–Kier alpha value is -2.60. The monoisotopic (exact) mass is 473 g/mol. The molecule has 0 aliphatic heterocycles. The van der Waals surface area contributed by atoms with Crippen molar-refractivity contribution in [3.05, 3.63) is 69.7 Å². The van der Waals surface area contributed by atoms with Gasteiger partial charge in [-0.15, -0.1) is 0 Å². The van der Waals surface area contributed by atoms with E-state index < -0.39 is 5.97 Å². The Labute approximate surface area is 186 Å². The molecule has 0 heterocycles. The molecule has 0 aromatic heterocycles. The van der Waals surface area contributed by atoms with Crippen molar-refractivity contribution in [1.82, 2.24) is 5.32 Å². The number of amides is 1. The van der Waals surface area contributed by atoms with Crippen LogP contribution in [0.25, 0.3) is 6.08 Å². The highest BCUT2D eigenvalue weighted by molar-refractivity contribution is 9.10. The molecule has 160 valence electrons. The van der Waals surface area contributed by atoms with E-state index in [0.29, 0.717) is 25.3 Å². The van der Waals surface area contributed by atoms with Crippen LogP contribution in [0.4, 0.5) is 0 Å². The van der Waals surface area contributed by atoms with Gasteiger partial charge in [0.1, 0.15) is 12.4 Å². The largest absolute Gasteiger partial charge is 0.488 e. The first-order chi connectivity index (χ1) is 14.1. The molecule has 0 spiro atoms. The van der Waals surface area contributed by atoms with E-state index in [4.69, 9.17) is 9.84 Å². The van der Waals surface area contributed by atoms with Gasteiger partial charge in [0.05, 0.1) is 0 Å². The molecule has 5 nitrogen and oxygen atoms in total. The van der Waals surface area contributed by atoms with Gasteiger partial charge in [0, 0.05) is 29.1 Å². The van der Waals surface area contributed by atoms with Gasteiger partial charge >= 0.3 is 5.97 Å². The number of hydrogen-bond acceptors (Lipinski definition) is 3. The molecular formula is C24H28BrNO4. The maximum absolute atomic E-state index is 12.0. The summed E-state index contributed by atoms with van der Waals surface area (Å²) in [7, 11) is 0. The maximum Gasteiger partial charge on any atom is 0.303 e. The van der Waals surface area contributed by atoms with E-state index in [1.54, 1.807) is 6.08 Å². The van der Waals surface area contributed by atoms with Crippen molar-refractivity contribution in [2.24, 2.45) is 0 Å². The Balaban J connectivity index is 1.99.